The van der Waals surface area contributed by atoms with Crippen molar-refractivity contribution in [2.24, 2.45) is 5.14 Å². The highest BCUT2D eigenvalue weighted by molar-refractivity contribution is 7.89. The third kappa shape index (κ3) is 5.77. The van der Waals surface area contributed by atoms with E-state index in [0.29, 0.717) is 17.5 Å². The summed E-state index contributed by atoms with van der Waals surface area (Å²) in [6.45, 7) is 5.66. The zero-order valence-electron chi connectivity index (χ0n) is 20.5. The van der Waals surface area contributed by atoms with Gasteiger partial charge in [-0.15, -0.1) is 0 Å². The van der Waals surface area contributed by atoms with Crippen LogP contribution in [0.4, 0.5) is 0 Å². The monoisotopic (exact) mass is 498 g/mol. The number of ether oxygens (including phenoxy) is 1. The van der Waals surface area contributed by atoms with Gasteiger partial charge in [-0.05, 0) is 74.7 Å². The SMILES string of the molecule is COC(=O)CCc1c(C)nn(-c2ccc(C(=O)N(C)C(C)c3cccc(S(N)(=O)=O)c3)cc2)c1C. The number of carbonyl (C=O) groups excluding carboxylic acids is 2. The molecule has 0 saturated carbocycles. The molecule has 0 radical (unpaired) electrons. The molecule has 0 fully saturated rings. The Labute approximate surface area is 205 Å². The fourth-order valence-electron chi connectivity index (χ4n) is 3.92. The summed E-state index contributed by atoms with van der Waals surface area (Å²) < 4.78 is 29.9. The first-order valence-corrected chi connectivity index (χ1v) is 12.6. The molecule has 0 aliphatic rings. The Hall–Kier alpha value is -3.50. The zero-order valence-corrected chi connectivity index (χ0v) is 21.3. The van der Waals surface area contributed by atoms with E-state index in [9.17, 15) is 18.0 Å². The molecule has 1 aromatic heterocycles. The number of aromatic nitrogens is 2. The van der Waals surface area contributed by atoms with Crippen molar-refractivity contribution in [2.75, 3.05) is 14.2 Å². The van der Waals surface area contributed by atoms with Crippen LogP contribution in [0.3, 0.4) is 0 Å². The highest BCUT2D eigenvalue weighted by atomic mass is 32.2. The number of amides is 1. The number of esters is 1. The standard InChI is InChI=1S/C25H30N4O5S/c1-16-23(13-14-24(30)34-5)18(3)29(27-16)21-11-9-19(10-12-21)25(31)28(4)17(2)20-7-6-8-22(15-20)35(26,32)33/h6-12,15,17H,13-14H2,1-5H3,(H2,26,32,33). The largest absolute Gasteiger partial charge is 0.469 e. The Kier molecular flexibility index (Phi) is 7.76. The average molecular weight is 499 g/mol. The maximum Gasteiger partial charge on any atom is 0.305 e. The van der Waals surface area contributed by atoms with Gasteiger partial charge in [0.05, 0.1) is 29.4 Å². The predicted molar refractivity (Wildman–Crippen MR) is 132 cm³/mol. The van der Waals surface area contributed by atoms with Gasteiger partial charge >= 0.3 is 5.97 Å². The van der Waals surface area contributed by atoms with E-state index in [4.69, 9.17) is 9.88 Å². The number of aryl methyl sites for hydroxylation is 1. The Morgan fingerprint density at radius 1 is 1.14 bits per heavy atom. The molecule has 35 heavy (non-hydrogen) atoms. The Morgan fingerprint density at radius 3 is 2.40 bits per heavy atom. The van der Waals surface area contributed by atoms with E-state index < -0.39 is 10.0 Å². The van der Waals surface area contributed by atoms with Crippen molar-refractivity contribution in [1.82, 2.24) is 14.7 Å². The van der Waals surface area contributed by atoms with E-state index in [-0.39, 0.29) is 29.2 Å². The van der Waals surface area contributed by atoms with E-state index in [0.717, 1.165) is 22.6 Å². The van der Waals surface area contributed by atoms with E-state index in [2.05, 4.69) is 5.10 Å². The number of primary sulfonamides is 1. The normalized spacial score (nSPS) is 12.3. The first kappa shape index (κ1) is 26.1. The second-order valence-electron chi connectivity index (χ2n) is 8.39. The first-order valence-electron chi connectivity index (χ1n) is 11.1. The van der Waals surface area contributed by atoms with Gasteiger partial charge in [0.15, 0.2) is 0 Å². The number of nitrogens with zero attached hydrogens (tertiary/aromatic N) is 3. The lowest BCUT2D eigenvalue weighted by molar-refractivity contribution is -0.140. The van der Waals surface area contributed by atoms with E-state index in [1.165, 1.54) is 19.2 Å². The van der Waals surface area contributed by atoms with Crippen LogP contribution in [0.1, 0.15) is 52.3 Å². The molecular weight excluding hydrogens is 468 g/mol. The quantitative estimate of drug-likeness (QED) is 0.476. The summed E-state index contributed by atoms with van der Waals surface area (Å²) in [5.74, 6) is -0.480. The second kappa shape index (κ2) is 10.4. The minimum Gasteiger partial charge on any atom is -0.469 e. The molecule has 10 heteroatoms. The number of hydrogen-bond donors (Lipinski definition) is 1. The lowest BCUT2D eigenvalue weighted by atomic mass is 10.1. The summed E-state index contributed by atoms with van der Waals surface area (Å²) in [5, 5.41) is 9.84. The molecule has 0 spiro atoms. The molecular formula is C25H30N4O5S. The average Bonchev–Trinajstić information content (AvgIpc) is 3.13. The van der Waals surface area contributed by atoms with Crippen LogP contribution in [-0.4, -0.2) is 49.1 Å². The Morgan fingerprint density at radius 2 is 1.80 bits per heavy atom. The van der Waals surface area contributed by atoms with E-state index in [1.54, 1.807) is 40.9 Å². The third-order valence-corrected chi connectivity index (χ3v) is 7.09. The molecule has 1 heterocycles. The van der Waals surface area contributed by atoms with Crippen LogP contribution in [0.25, 0.3) is 5.69 Å². The fraction of sp³-hybridized carbons (Fsp3) is 0.320. The van der Waals surface area contributed by atoms with Crippen LogP contribution in [0, 0.1) is 13.8 Å². The van der Waals surface area contributed by atoms with Gasteiger partial charge in [0.25, 0.3) is 5.91 Å². The van der Waals surface area contributed by atoms with Crippen LogP contribution in [0.2, 0.25) is 0 Å². The molecule has 3 aromatic rings. The lowest BCUT2D eigenvalue weighted by Gasteiger charge is -2.26. The highest BCUT2D eigenvalue weighted by Gasteiger charge is 2.21. The van der Waals surface area contributed by atoms with Crippen LogP contribution >= 0.6 is 0 Å². The summed E-state index contributed by atoms with van der Waals surface area (Å²) in [6.07, 6.45) is 0.818. The molecule has 0 bridgehead atoms. The maximum atomic E-state index is 13.1. The number of benzene rings is 2. The molecule has 1 atom stereocenters. The van der Waals surface area contributed by atoms with Crippen LogP contribution in [0.5, 0.6) is 0 Å². The molecule has 1 amide bonds. The van der Waals surface area contributed by atoms with Crippen molar-refractivity contribution in [2.45, 2.75) is 44.6 Å². The minimum absolute atomic E-state index is 0.00268. The number of hydrogen-bond acceptors (Lipinski definition) is 6. The maximum absolute atomic E-state index is 13.1. The number of rotatable bonds is 8. The summed E-state index contributed by atoms with van der Waals surface area (Å²) in [6, 6.07) is 13.0. The van der Waals surface area contributed by atoms with Crippen molar-refractivity contribution in [1.29, 1.82) is 0 Å². The second-order valence-corrected chi connectivity index (χ2v) is 9.96. The number of nitrogens with two attached hydrogens (primary N) is 1. The third-order valence-electron chi connectivity index (χ3n) is 6.18. The molecule has 3 rings (SSSR count). The van der Waals surface area contributed by atoms with Crippen LogP contribution < -0.4 is 5.14 Å². The highest BCUT2D eigenvalue weighted by Crippen LogP contribution is 2.24. The summed E-state index contributed by atoms with van der Waals surface area (Å²) >= 11 is 0. The Balaban J connectivity index is 1.79. The van der Waals surface area contributed by atoms with Gasteiger partial charge in [-0.1, -0.05) is 12.1 Å². The van der Waals surface area contributed by atoms with Crippen LogP contribution in [0.15, 0.2) is 53.4 Å². The molecule has 0 saturated heterocycles. The molecule has 1 unspecified atom stereocenters. The predicted octanol–water partition coefficient (Wildman–Crippen LogP) is 3.08. The van der Waals surface area contributed by atoms with Gasteiger partial charge in [-0.3, -0.25) is 9.59 Å². The molecule has 9 nitrogen and oxygen atoms in total. The summed E-state index contributed by atoms with van der Waals surface area (Å²) in [5.41, 5.74) is 4.69. The fourth-order valence-corrected chi connectivity index (χ4v) is 4.49. The van der Waals surface area contributed by atoms with Gasteiger partial charge in [0.1, 0.15) is 0 Å². The van der Waals surface area contributed by atoms with E-state index >= 15 is 0 Å². The summed E-state index contributed by atoms with van der Waals surface area (Å²) in [4.78, 5) is 26.2. The van der Waals surface area contributed by atoms with Crippen molar-refractivity contribution in [3.8, 4) is 5.69 Å². The summed E-state index contributed by atoms with van der Waals surface area (Å²) in [7, 11) is -0.802. The van der Waals surface area contributed by atoms with Gasteiger partial charge in [0.2, 0.25) is 10.0 Å². The van der Waals surface area contributed by atoms with Crippen molar-refractivity contribution < 1.29 is 22.7 Å². The lowest BCUT2D eigenvalue weighted by Crippen LogP contribution is -2.29. The molecule has 186 valence electrons. The van der Waals surface area contributed by atoms with Gasteiger partial charge in [0, 0.05) is 24.7 Å². The molecule has 2 N–H and O–H groups in total. The van der Waals surface area contributed by atoms with Gasteiger partial charge in [-0.2, -0.15) is 5.10 Å². The molecule has 0 aliphatic heterocycles. The van der Waals surface area contributed by atoms with Crippen molar-refractivity contribution in [3.05, 3.63) is 76.6 Å². The molecule has 0 aliphatic carbocycles. The number of carbonyl (C=O) groups is 2. The number of sulfonamides is 1. The minimum atomic E-state index is -3.84. The zero-order chi connectivity index (χ0) is 25.9. The smallest absolute Gasteiger partial charge is 0.305 e. The first-order chi connectivity index (χ1) is 16.4. The molecule has 2 aromatic carbocycles. The topological polar surface area (TPSA) is 125 Å². The Bertz CT molecular complexity index is 1350. The van der Waals surface area contributed by atoms with Crippen molar-refractivity contribution >= 4 is 21.9 Å². The van der Waals surface area contributed by atoms with E-state index in [1.807, 2.05) is 32.9 Å². The van der Waals surface area contributed by atoms with Gasteiger partial charge in [-0.25, -0.2) is 18.2 Å². The van der Waals surface area contributed by atoms with Crippen molar-refractivity contribution in [3.63, 3.8) is 0 Å². The number of methoxy groups -OCH3 is 1. The van der Waals surface area contributed by atoms with Crippen LogP contribution in [-0.2, 0) is 26.0 Å². The van der Waals surface area contributed by atoms with Gasteiger partial charge < -0.3 is 9.64 Å².